The summed E-state index contributed by atoms with van der Waals surface area (Å²) in [5.74, 6) is -1.28. The van der Waals surface area contributed by atoms with E-state index in [1.54, 1.807) is 0 Å². The molecule has 0 bridgehead atoms. The van der Waals surface area contributed by atoms with Crippen LogP contribution in [-0.2, 0) is 14.3 Å². The van der Waals surface area contributed by atoms with E-state index in [1.165, 1.54) is 0 Å². The van der Waals surface area contributed by atoms with Crippen molar-refractivity contribution in [3.05, 3.63) is 59.7 Å². The van der Waals surface area contributed by atoms with Gasteiger partial charge in [0, 0.05) is 24.9 Å². The van der Waals surface area contributed by atoms with Crippen molar-refractivity contribution in [2.45, 2.75) is 51.0 Å². The van der Waals surface area contributed by atoms with Crippen molar-refractivity contribution in [3.63, 3.8) is 0 Å². The Morgan fingerprint density at radius 3 is 2.25 bits per heavy atom. The number of alkyl carbamates (subject to hydrolysis) is 1. The lowest BCUT2D eigenvalue weighted by atomic mass is 9.98. The van der Waals surface area contributed by atoms with Crippen molar-refractivity contribution in [1.82, 2.24) is 10.6 Å². The molecule has 0 spiro atoms. The van der Waals surface area contributed by atoms with Gasteiger partial charge >= 0.3 is 12.1 Å². The molecule has 0 heterocycles. The molecule has 170 valence electrons. The fourth-order valence-corrected chi connectivity index (χ4v) is 4.09. The van der Waals surface area contributed by atoms with Crippen LogP contribution in [0.1, 0.15) is 56.1 Å². The Morgan fingerprint density at radius 1 is 1.03 bits per heavy atom. The first-order chi connectivity index (χ1) is 15.5. The molecule has 3 rings (SSSR count). The summed E-state index contributed by atoms with van der Waals surface area (Å²) in [6.07, 6.45) is 1.84. The van der Waals surface area contributed by atoms with E-state index in [2.05, 4.69) is 34.9 Å². The molecule has 1 unspecified atom stereocenters. The molecule has 0 saturated carbocycles. The maximum Gasteiger partial charge on any atom is 0.407 e. The molecule has 1 aliphatic rings. The van der Waals surface area contributed by atoms with Gasteiger partial charge in [0.25, 0.3) is 0 Å². The van der Waals surface area contributed by atoms with Gasteiger partial charge in [-0.2, -0.15) is 0 Å². The minimum atomic E-state index is -0.968. The molecular formula is C25H30N2O5. The predicted octanol–water partition coefficient (Wildman–Crippen LogP) is 4.06. The number of carboxylic acid groups (broad SMARTS) is 1. The quantitative estimate of drug-likeness (QED) is 0.491. The highest BCUT2D eigenvalue weighted by Gasteiger charge is 2.29. The number of unbranched alkanes of at least 4 members (excludes halogenated alkanes) is 1. The second-order valence-corrected chi connectivity index (χ2v) is 8.01. The summed E-state index contributed by atoms with van der Waals surface area (Å²) in [6, 6.07) is 15.9. The van der Waals surface area contributed by atoms with Crippen molar-refractivity contribution in [2.24, 2.45) is 0 Å². The highest BCUT2D eigenvalue weighted by molar-refractivity contribution is 5.80. The lowest BCUT2D eigenvalue weighted by molar-refractivity contribution is -0.136. The molecule has 0 radical (unpaired) electrons. The highest BCUT2D eigenvalue weighted by Crippen LogP contribution is 2.44. The maximum atomic E-state index is 12.5. The smallest absolute Gasteiger partial charge is 0.407 e. The summed E-state index contributed by atoms with van der Waals surface area (Å²) >= 11 is 0. The van der Waals surface area contributed by atoms with Gasteiger partial charge in [-0.25, -0.2) is 4.79 Å². The maximum absolute atomic E-state index is 12.5. The number of nitrogens with one attached hydrogen (secondary N) is 2. The number of ether oxygens (including phenoxy) is 1. The van der Waals surface area contributed by atoms with Gasteiger partial charge in [-0.1, -0.05) is 68.3 Å². The van der Waals surface area contributed by atoms with E-state index in [-0.39, 0.29) is 43.9 Å². The average molecular weight is 439 g/mol. The Balaban J connectivity index is 1.57. The van der Waals surface area contributed by atoms with E-state index in [0.717, 1.165) is 35.1 Å². The van der Waals surface area contributed by atoms with Crippen LogP contribution < -0.4 is 10.6 Å². The number of carbonyl (C=O) groups is 3. The minimum absolute atomic E-state index is 0.0263. The zero-order chi connectivity index (χ0) is 22.9. The van der Waals surface area contributed by atoms with Gasteiger partial charge in [0.2, 0.25) is 5.91 Å². The van der Waals surface area contributed by atoms with Gasteiger partial charge in [-0.05, 0) is 28.7 Å². The third kappa shape index (κ3) is 6.09. The van der Waals surface area contributed by atoms with Crippen LogP contribution >= 0.6 is 0 Å². The monoisotopic (exact) mass is 438 g/mol. The Hall–Kier alpha value is -3.35. The van der Waals surface area contributed by atoms with Gasteiger partial charge < -0.3 is 20.5 Å². The third-order valence-electron chi connectivity index (χ3n) is 5.66. The number of hydrogen-bond donors (Lipinski definition) is 3. The van der Waals surface area contributed by atoms with E-state index in [9.17, 15) is 14.4 Å². The van der Waals surface area contributed by atoms with E-state index < -0.39 is 12.1 Å². The first kappa shape index (κ1) is 23.3. The lowest BCUT2D eigenvalue weighted by Gasteiger charge is -2.20. The summed E-state index contributed by atoms with van der Waals surface area (Å²) < 4.78 is 5.58. The van der Waals surface area contributed by atoms with Crippen molar-refractivity contribution >= 4 is 18.0 Å². The third-order valence-corrected chi connectivity index (χ3v) is 5.66. The fraction of sp³-hybridized carbons (Fsp3) is 0.400. The molecule has 2 aromatic carbocycles. The van der Waals surface area contributed by atoms with Gasteiger partial charge in [0.05, 0.1) is 6.42 Å². The number of benzene rings is 2. The summed E-state index contributed by atoms with van der Waals surface area (Å²) in [5.41, 5.74) is 4.61. The summed E-state index contributed by atoms with van der Waals surface area (Å²) in [6.45, 7) is 2.32. The largest absolute Gasteiger partial charge is 0.481 e. The van der Waals surface area contributed by atoms with Crippen molar-refractivity contribution in [1.29, 1.82) is 0 Å². The predicted molar refractivity (Wildman–Crippen MR) is 121 cm³/mol. The Bertz CT molecular complexity index is 913. The van der Waals surface area contributed by atoms with Crippen molar-refractivity contribution in [3.8, 4) is 11.1 Å². The van der Waals surface area contributed by atoms with Gasteiger partial charge in [-0.3, -0.25) is 9.59 Å². The zero-order valence-electron chi connectivity index (χ0n) is 18.3. The number of hydrogen-bond acceptors (Lipinski definition) is 4. The SMILES string of the molecule is CCCCC(CC(=O)NCCC(=O)O)NC(=O)OCC1c2ccccc2-c2ccccc21. The van der Waals surface area contributed by atoms with E-state index in [4.69, 9.17) is 9.84 Å². The van der Waals surface area contributed by atoms with Crippen LogP contribution in [0.25, 0.3) is 11.1 Å². The Labute approximate surface area is 188 Å². The standard InChI is InChI=1S/C25H30N2O5/c1-2-3-8-17(15-23(28)26-14-13-24(29)30)27-25(31)32-16-22-20-11-6-4-9-18(20)19-10-5-7-12-21(19)22/h4-7,9-12,17,22H,2-3,8,13-16H2,1H3,(H,26,28)(H,27,31)(H,29,30). The van der Waals surface area contributed by atoms with Crippen LogP contribution in [0.3, 0.4) is 0 Å². The first-order valence-electron chi connectivity index (χ1n) is 11.1. The van der Waals surface area contributed by atoms with Crippen LogP contribution in [0.4, 0.5) is 4.79 Å². The van der Waals surface area contributed by atoms with Crippen LogP contribution in [0, 0.1) is 0 Å². The molecule has 7 heteroatoms. The molecule has 3 N–H and O–H groups in total. The lowest BCUT2D eigenvalue weighted by Crippen LogP contribution is -2.40. The average Bonchev–Trinajstić information content (AvgIpc) is 3.09. The fourth-order valence-electron chi connectivity index (χ4n) is 4.09. The molecule has 0 aliphatic heterocycles. The highest BCUT2D eigenvalue weighted by atomic mass is 16.5. The molecule has 1 aliphatic carbocycles. The number of carbonyl (C=O) groups excluding carboxylic acids is 2. The normalized spacial score (nSPS) is 13.0. The van der Waals surface area contributed by atoms with Crippen LogP contribution in [0.5, 0.6) is 0 Å². The van der Waals surface area contributed by atoms with Crippen molar-refractivity contribution in [2.75, 3.05) is 13.2 Å². The van der Waals surface area contributed by atoms with E-state index in [0.29, 0.717) is 6.42 Å². The van der Waals surface area contributed by atoms with Gasteiger partial charge in [0.1, 0.15) is 6.61 Å². The van der Waals surface area contributed by atoms with Crippen LogP contribution in [-0.4, -0.2) is 42.3 Å². The van der Waals surface area contributed by atoms with Gasteiger partial charge in [-0.15, -0.1) is 0 Å². The molecular weight excluding hydrogens is 408 g/mol. The number of carboxylic acids is 1. The molecule has 2 amide bonds. The van der Waals surface area contributed by atoms with E-state index >= 15 is 0 Å². The van der Waals surface area contributed by atoms with Crippen molar-refractivity contribution < 1.29 is 24.2 Å². The first-order valence-corrected chi connectivity index (χ1v) is 11.1. The molecule has 7 nitrogen and oxygen atoms in total. The summed E-state index contributed by atoms with van der Waals surface area (Å²) in [5, 5.41) is 14.1. The molecule has 0 saturated heterocycles. The molecule has 1 atom stereocenters. The molecule has 0 aromatic heterocycles. The van der Waals surface area contributed by atoms with E-state index in [1.807, 2.05) is 31.2 Å². The zero-order valence-corrected chi connectivity index (χ0v) is 18.3. The van der Waals surface area contributed by atoms with Crippen LogP contribution in [0.2, 0.25) is 0 Å². The second-order valence-electron chi connectivity index (χ2n) is 8.01. The second kappa shape index (κ2) is 11.3. The summed E-state index contributed by atoms with van der Waals surface area (Å²) in [4.78, 5) is 35.3. The minimum Gasteiger partial charge on any atom is -0.481 e. The van der Waals surface area contributed by atoms with Gasteiger partial charge in [0.15, 0.2) is 0 Å². The topological polar surface area (TPSA) is 105 Å². The Kier molecular flexibility index (Phi) is 8.25. The molecule has 0 fully saturated rings. The van der Waals surface area contributed by atoms with Crippen LogP contribution in [0.15, 0.2) is 48.5 Å². The number of rotatable bonds is 11. The molecule has 32 heavy (non-hydrogen) atoms. The Morgan fingerprint density at radius 2 is 1.66 bits per heavy atom. The number of aliphatic carboxylic acids is 1. The summed E-state index contributed by atoms with van der Waals surface area (Å²) in [7, 11) is 0. The molecule has 2 aromatic rings. The number of fused-ring (bicyclic) bond motifs is 3. The number of amides is 2.